The standard InChI is InChI=1S/C18H19N3O4/c1-4-25-17(23)14-10(3)19-18(24)21-15(14)12-8-11-6-5-9(2)7-13(11)20-16(12)22/h5-8,15H,4H2,1-3H3,(H,20,22)(H2,19,21,24). The first kappa shape index (κ1) is 16.8. The Kier molecular flexibility index (Phi) is 4.31. The summed E-state index contributed by atoms with van der Waals surface area (Å²) in [6.45, 7) is 5.44. The zero-order valence-corrected chi connectivity index (χ0v) is 14.2. The first-order valence-corrected chi connectivity index (χ1v) is 7.99. The van der Waals surface area contributed by atoms with E-state index in [4.69, 9.17) is 4.74 Å². The number of rotatable bonds is 3. The summed E-state index contributed by atoms with van der Waals surface area (Å²) in [5, 5.41) is 6.00. The van der Waals surface area contributed by atoms with Gasteiger partial charge in [-0.2, -0.15) is 0 Å². The maximum Gasteiger partial charge on any atom is 0.338 e. The van der Waals surface area contributed by atoms with Crippen LogP contribution in [0, 0.1) is 6.92 Å². The smallest absolute Gasteiger partial charge is 0.338 e. The Morgan fingerprint density at radius 1 is 1.20 bits per heavy atom. The molecule has 25 heavy (non-hydrogen) atoms. The lowest BCUT2D eigenvalue weighted by Crippen LogP contribution is -2.46. The lowest BCUT2D eigenvalue weighted by Gasteiger charge is -2.27. The predicted molar refractivity (Wildman–Crippen MR) is 93.0 cm³/mol. The second kappa shape index (κ2) is 6.43. The van der Waals surface area contributed by atoms with Crippen molar-refractivity contribution in [2.75, 3.05) is 6.61 Å². The van der Waals surface area contributed by atoms with Crippen LogP contribution >= 0.6 is 0 Å². The van der Waals surface area contributed by atoms with Crippen molar-refractivity contribution < 1.29 is 14.3 Å². The second-order valence-corrected chi connectivity index (χ2v) is 5.94. The van der Waals surface area contributed by atoms with Gasteiger partial charge in [-0.05, 0) is 43.9 Å². The number of aryl methyl sites for hydroxylation is 1. The molecule has 7 heteroatoms. The molecule has 0 bridgehead atoms. The number of hydrogen-bond donors (Lipinski definition) is 3. The van der Waals surface area contributed by atoms with Crippen molar-refractivity contribution in [3.8, 4) is 0 Å². The predicted octanol–water partition coefficient (Wildman–Crippen LogP) is 2.03. The van der Waals surface area contributed by atoms with Crippen LogP contribution in [0.1, 0.15) is 31.0 Å². The van der Waals surface area contributed by atoms with Gasteiger partial charge >= 0.3 is 12.0 Å². The highest BCUT2D eigenvalue weighted by Crippen LogP contribution is 2.27. The molecular weight excluding hydrogens is 322 g/mol. The number of fused-ring (bicyclic) bond motifs is 1. The van der Waals surface area contributed by atoms with E-state index in [9.17, 15) is 14.4 Å². The summed E-state index contributed by atoms with van der Waals surface area (Å²) in [5.74, 6) is -0.569. The van der Waals surface area contributed by atoms with Gasteiger partial charge in [0.2, 0.25) is 0 Å². The molecule has 1 aliphatic rings. The van der Waals surface area contributed by atoms with Crippen molar-refractivity contribution in [3.05, 3.63) is 57.0 Å². The van der Waals surface area contributed by atoms with E-state index in [1.165, 1.54) is 0 Å². The fourth-order valence-electron chi connectivity index (χ4n) is 2.95. The fourth-order valence-corrected chi connectivity index (χ4v) is 2.95. The van der Waals surface area contributed by atoms with Gasteiger partial charge in [0.1, 0.15) is 0 Å². The zero-order valence-electron chi connectivity index (χ0n) is 14.2. The van der Waals surface area contributed by atoms with Gasteiger partial charge in [0.05, 0.1) is 18.2 Å². The zero-order chi connectivity index (χ0) is 18.1. The Hall–Kier alpha value is -3.09. The number of benzene rings is 1. The summed E-state index contributed by atoms with van der Waals surface area (Å²) in [6.07, 6.45) is 0. The van der Waals surface area contributed by atoms with E-state index in [0.717, 1.165) is 10.9 Å². The average molecular weight is 341 g/mol. The van der Waals surface area contributed by atoms with Gasteiger partial charge in [-0.15, -0.1) is 0 Å². The van der Waals surface area contributed by atoms with Crippen molar-refractivity contribution in [3.63, 3.8) is 0 Å². The minimum Gasteiger partial charge on any atom is -0.463 e. The van der Waals surface area contributed by atoms with Crippen LogP contribution in [0.4, 0.5) is 4.79 Å². The van der Waals surface area contributed by atoms with Crippen molar-refractivity contribution >= 4 is 22.9 Å². The molecule has 130 valence electrons. The Morgan fingerprint density at radius 2 is 1.96 bits per heavy atom. The number of urea groups is 1. The summed E-state index contributed by atoms with van der Waals surface area (Å²) in [4.78, 5) is 39.6. The van der Waals surface area contributed by atoms with Crippen LogP contribution in [0.25, 0.3) is 10.9 Å². The molecule has 3 rings (SSSR count). The maximum absolute atomic E-state index is 12.6. The highest BCUT2D eigenvalue weighted by molar-refractivity contribution is 5.95. The number of H-pyrrole nitrogens is 1. The molecular formula is C18H19N3O4. The van der Waals surface area contributed by atoms with E-state index >= 15 is 0 Å². The highest BCUT2D eigenvalue weighted by atomic mass is 16.5. The second-order valence-electron chi connectivity index (χ2n) is 5.94. The van der Waals surface area contributed by atoms with Gasteiger partial charge in [-0.3, -0.25) is 4.79 Å². The topological polar surface area (TPSA) is 100 Å². The number of pyridine rings is 1. The highest BCUT2D eigenvalue weighted by Gasteiger charge is 2.33. The summed E-state index contributed by atoms with van der Waals surface area (Å²) in [7, 11) is 0. The lowest BCUT2D eigenvalue weighted by molar-refractivity contribution is -0.139. The molecule has 2 amide bonds. The van der Waals surface area contributed by atoms with Crippen LogP contribution in [0.3, 0.4) is 0 Å². The van der Waals surface area contributed by atoms with Crippen LogP contribution in [0.15, 0.2) is 40.3 Å². The van der Waals surface area contributed by atoms with Crippen molar-refractivity contribution in [2.24, 2.45) is 0 Å². The van der Waals surface area contributed by atoms with Gasteiger partial charge < -0.3 is 20.4 Å². The molecule has 0 aliphatic carbocycles. The third-order valence-corrected chi connectivity index (χ3v) is 4.11. The number of aromatic nitrogens is 1. The molecule has 0 spiro atoms. The number of esters is 1. The minimum absolute atomic E-state index is 0.198. The van der Waals surface area contributed by atoms with Crippen molar-refractivity contribution in [1.29, 1.82) is 0 Å². The Balaban J connectivity index is 2.16. The molecule has 1 aromatic carbocycles. The van der Waals surface area contributed by atoms with E-state index in [-0.39, 0.29) is 23.3 Å². The lowest BCUT2D eigenvalue weighted by atomic mass is 9.95. The number of aromatic amines is 1. The molecule has 2 heterocycles. The molecule has 1 unspecified atom stereocenters. The fraction of sp³-hybridized carbons (Fsp3) is 0.278. The third-order valence-electron chi connectivity index (χ3n) is 4.11. The first-order valence-electron chi connectivity index (χ1n) is 7.99. The molecule has 0 radical (unpaired) electrons. The quantitative estimate of drug-likeness (QED) is 0.744. The van der Waals surface area contributed by atoms with Crippen LogP contribution in [-0.4, -0.2) is 23.6 Å². The monoisotopic (exact) mass is 341 g/mol. The Labute approximate surface area is 144 Å². The molecule has 3 N–H and O–H groups in total. The molecule has 0 fully saturated rings. The summed E-state index contributed by atoms with van der Waals surface area (Å²) in [6, 6.07) is 6.03. The van der Waals surface area contributed by atoms with Gasteiger partial charge in [-0.1, -0.05) is 12.1 Å². The number of ether oxygens (including phenoxy) is 1. The van der Waals surface area contributed by atoms with Crippen molar-refractivity contribution in [1.82, 2.24) is 15.6 Å². The Morgan fingerprint density at radius 3 is 2.68 bits per heavy atom. The van der Waals surface area contributed by atoms with E-state index < -0.39 is 18.0 Å². The van der Waals surface area contributed by atoms with Crippen LogP contribution in [0.2, 0.25) is 0 Å². The van der Waals surface area contributed by atoms with Gasteiger partial charge in [0.25, 0.3) is 5.56 Å². The number of hydrogen-bond acceptors (Lipinski definition) is 4. The van der Waals surface area contributed by atoms with E-state index in [1.54, 1.807) is 19.9 Å². The summed E-state index contributed by atoms with van der Waals surface area (Å²) < 4.78 is 5.08. The van der Waals surface area contributed by atoms with E-state index in [1.807, 2.05) is 25.1 Å². The largest absolute Gasteiger partial charge is 0.463 e. The minimum atomic E-state index is -0.873. The molecule has 0 saturated heterocycles. The molecule has 1 aromatic heterocycles. The van der Waals surface area contributed by atoms with Gasteiger partial charge in [-0.25, -0.2) is 9.59 Å². The molecule has 7 nitrogen and oxygen atoms in total. The number of carbonyl (C=O) groups excluding carboxylic acids is 2. The molecule has 1 aliphatic heterocycles. The Bertz CT molecular complexity index is 958. The number of carbonyl (C=O) groups is 2. The third kappa shape index (κ3) is 3.13. The van der Waals surface area contributed by atoms with Crippen molar-refractivity contribution in [2.45, 2.75) is 26.8 Å². The summed E-state index contributed by atoms with van der Waals surface area (Å²) >= 11 is 0. The molecule has 1 atom stereocenters. The number of allylic oxidation sites excluding steroid dienone is 1. The number of nitrogens with one attached hydrogen (secondary N) is 3. The summed E-state index contributed by atoms with van der Waals surface area (Å²) in [5.41, 5.74) is 2.24. The van der Waals surface area contributed by atoms with Crippen LogP contribution in [0.5, 0.6) is 0 Å². The maximum atomic E-state index is 12.6. The van der Waals surface area contributed by atoms with E-state index in [2.05, 4.69) is 15.6 Å². The number of amides is 2. The molecule has 0 saturated carbocycles. The normalized spacial score (nSPS) is 17.2. The van der Waals surface area contributed by atoms with Crippen LogP contribution in [-0.2, 0) is 9.53 Å². The van der Waals surface area contributed by atoms with E-state index in [0.29, 0.717) is 11.2 Å². The van der Waals surface area contributed by atoms with Gasteiger partial charge in [0, 0.05) is 16.8 Å². The van der Waals surface area contributed by atoms with Gasteiger partial charge in [0.15, 0.2) is 0 Å². The average Bonchev–Trinajstić information content (AvgIpc) is 2.53. The van der Waals surface area contributed by atoms with Crippen LogP contribution < -0.4 is 16.2 Å². The SMILES string of the molecule is CCOC(=O)C1=C(C)NC(=O)NC1c1cc2ccc(C)cc2[nH]c1=O. The molecule has 2 aromatic rings. The first-order chi connectivity index (χ1) is 11.9.